The van der Waals surface area contributed by atoms with Gasteiger partial charge in [0, 0.05) is 53.4 Å². The van der Waals surface area contributed by atoms with E-state index in [1.54, 1.807) is 18.2 Å². The number of aryl methyl sites for hydroxylation is 1. The number of para-hydroxylation sites is 2. The van der Waals surface area contributed by atoms with Gasteiger partial charge in [-0.05, 0) is 76.8 Å². The predicted molar refractivity (Wildman–Crippen MR) is 236 cm³/mol. The monoisotopic (exact) mass is 937 g/mol. The number of furan rings is 1. The van der Waals surface area contributed by atoms with E-state index < -0.39 is 6.85 Å². The first kappa shape index (κ1) is 36.5. The molecule has 58 heavy (non-hydrogen) atoms. The smallest absolute Gasteiger partial charge is 0.0774 e. The van der Waals surface area contributed by atoms with Crippen LogP contribution in [-0.4, -0.2) is 14.5 Å². The van der Waals surface area contributed by atoms with Gasteiger partial charge in [0.25, 0.3) is 0 Å². The molecule has 0 bridgehead atoms. The van der Waals surface area contributed by atoms with E-state index >= 15 is 0 Å². The first-order chi connectivity index (χ1) is 28.8. The van der Waals surface area contributed by atoms with E-state index in [0.29, 0.717) is 5.92 Å². The first-order valence-electron chi connectivity index (χ1n) is 21.0. The molecule has 5 heteroatoms. The van der Waals surface area contributed by atoms with Gasteiger partial charge in [-0.1, -0.05) is 148 Å². The molecular formula is C53H47IrN3O-2. The van der Waals surface area contributed by atoms with Crippen molar-refractivity contribution in [2.24, 2.45) is 5.92 Å². The zero-order valence-electron chi connectivity index (χ0n) is 36.4. The molecule has 0 amide bonds. The summed E-state index contributed by atoms with van der Waals surface area (Å²) in [7, 11) is 0. The molecule has 9 aromatic rings. The topological polar surface area (TPSA) is 43.9 Å². The number of fused-ring (bicyclic) bond motifs is 2. The third-order valence-electron chi connectivity index (χ3n) is 10.1. The van der Waals surface area contributed by atoms with E-state index in [9.17, 15) is 0 Å². The minimum Gasteiger partial charge on any atom is -0.557 e. The largest absolute Gasteiger partial charge is 0.557 e. The zero-order valence-corrected chi connectivity index (χ0v) is 35.8. The second-order valence-corrected chi connectivity index (χ2v) is 15.9. The molecule has 0 aliphatic heterocycles. The fourth-order valence-electron chi connectivity index (χ4n) is 7.29. The third-order valence-corrected chi connectivity index (χ3v) is 10.1. The normalized spacial score (nSPS) is 12.3. The van der Waals surface area contributed by atoms with Crippen LogP contribution < -0.4 is 0 Å². The second-order valence-electron chi connectivity index (χ2n) is 15.9. The summed E-state index contributed by atoms with van der Waals surface area (Å²) in [5.74, 6) is 1.39. The van der Waals surface area contributed by atoms with Crippen LogP contribution in [0, 0.1) is 25.1 Å². The van der Waals surface area contributed by atoms with E-state index in [1.807, 2.05) is 18.2 Å². The standard InChI is InChI=1S/C41H37N2O.C12H10N.Ir/c1-27(2)22-28-20-21-32-35(26-44-38(32)23-28)40-42-36-18-12-13-19-37(36)43(40)39-33(29-14-8-6-9-15-29)24-31(41(3,4)5)25-34(39)30-16-10-7-11-17-30;1-10-7-8-12(13-9-10)11-5-3-2-4-6-11;/h6-21,23-25,27H,22H2,1-5H3;2-5,7-9H,1H3;/q2*-1;/i;1D3;. The summed E-state index contributed by atoms with van der Waals surface area (Å²) in [5.41, 5.74) is 13.8. The third kappa shape index (κ3) is 8.53. The number of pyridine rings is 1. The summed E-state index contributed by atoms with van der Waals surface area (Å²) < 4.78 is 30.2. The van der Waals surface area contributed by atoms with Crippen LogP contribution in [0.5, 0.6) is 0 Å². The Kier molecular flexibility index (Phi) is 10.9. The Morgan fingerprint density at radius 1 is 0.759 bits per heavy atom. The van der Waals surface area contributed by atoms with Crippen LogP contribution in [-0.2, 0) is 31.9 Å². The maximum Gasteiger partial charge on any atom is 0.0774 e. The van der Waals surface area contributed by atoms with E-state index in [-0.39, 0.29) is 31.1 Å². The van der Waals surface area contributed by atoms with Gasteiger partial charge in [0.2, 0.25) is 0 Å². The number of rotatable bonds is 7. The molecule has 291 valence electrons. The van der Waals surface area contributed by atoms with E-state index in [2.05, 4.69) is 172 Å². The predicted octanol–water partition coefficient (Wildman–Crippen LogP) is 13.9. The number of nitrogens with zero attached hydrogens (tertiary/aromatic N) is 3. The maximum absolute atomic E-state index is 7.23. The van der Waals surface area contributed by atoms with Crippen LogP contribution in [0.25, 0.3) is 72.6 Å². The van der Waals surface area contributed by atoms with Gasteiger partial charge in [0.1, 0.15) is 0 Å². The number of hydrogen-bond acceptors (Lipinski definition) is 3. The van der Waals surface area contributed by atoms with Crippen LogP contribution in [0.1, 0.15) is 55.4 Å². The Morgan fingerprint density at radius 2 is 1.43 bits per heavy atom. The van der Waals surface area contributed by atoms with Crippen molar-refractivity contribution < 1.29 is 28.6 Å². The van der Waals surface area contributed by atoms with Gasteiger partial charge in [-0.15, -0.1) is 42.0 Å². The minimum absolute atomic E-state index is 0. The van der Waals surface area contributed by atoms with E-state index in [4.69, 9.17) is 13.5 Å². The Morgan fingerprint density at radius 3 is 2.03 bits per heavy atom. The average Bonchev–Trinajstić information content (AvgIpc) is 3.85. The summed E-state index contributed by atoms with van der Waals surface area (Å²) in [5, 5.41) is 1.02. The molecule has 3 heterocycles. The molecule has 0 N–H and O–H groups in total. The SMILES string of the molecule is CC(C)Cc1ccc2c(-c3nc4ccccc4n3-c3c(-c4ccccc4)cc(C(C)(C)C)cc3-c3ccccc3)[c-]oc2c1.[2H]C([2H])([2H])c1ccc(-c2[c-]cccc2)nc1.[Ir]. The molecule has 0 aliphatic carbocycles. The van der Waals surface area contributed by atoms with Gasteiger partial charge in [-0.3, -0.25) is 4.98 Å². The molecule has 0 saturated heterocycles. The molecule has 0 saturated carbocycles. The van der Waals surface area contributed by atoms with Crippen molar-refractivity contribution >= 4 is 22.0 Å². The Bertz CT molecular complexity index is 2820. The van der Waals surface area contributed by atoms with Crippen LogP contribution >= 0.6 is 0 Å². The quantitative estimate of drug-likeness (QED) is 0.150. The fraction of sp³-hybridized carbons (Fsp3) is 0.170. The minimum atomic E-state index is -2.09. The van der Waals surface area contributed by atoms with Crippen LogP contribution in [0.2, 0.25) is 0 Å². The zero-order chi connectivity index (χ0) is 42.0. The van der Waals surface area contributed by atoms with Crippen LogP contribution in [0.15, 0.2) is 162 Å². The van der Waals surface area contributed by atoms with Crippen molar-refractivity contribution in [1.29, 1.82) is 0 Å². The summed E-state index contributed by atoms with van der Waals surface area (Å²) in [4.78, 5) is 9.39. The Labute approximate surface area is 360 Å². The number of aromatic nitrogens is 3. The van der Waals surface area contributed by atoms with E-state index in [1.165, 1.54) is 17.3 Å². The van der Waals surface area contributed by atoms with Crippen molar-refractivity contribution in [2.45, 2.75) is 53.3 Å². The van der Waals surface area contributed by atoms with Gasteiger partial charge >= 0.3 is 0 Å². The molecule has 4 nitrogen and oxygen atoms in total. The average molecular weight is 937 g/mol. The molecule has 6 aromatic carbocycles. The van der Waals surface area contributed by atoms with Gasteiger partial charge in [0.05, 0.1) is 22.5 Å². The van der Waals surface area contributed by atoms with Gasteiger partial charge in [-0.25, -0.2) is 0 Å². The Hall–Kier alpha value is -5.87. The van der Waals surface area contributed by atoms with Crippen molar-refractivity contribution in [2.75, 3.05) is 0 Å². The fourth-order valence-corrected chi connectivity index (χ4v) is 7.29. The number of hydrogen-bond donors (Lipinski definition) is 0. The maximum atomic E-state index is 7.23. The van der Waals surface area contributed by atoms with Crippen molar-refractivity contribution in [3.05, 3.63) is 187 Å². The molecule has 0 fully saturated rings. The summed E-state index contributed by atoms with van der Waals surface area (Å²) in [6, 6.07) is 54.9. The second kappa shape index (κ2) is 17.3. The Balaban J connectivity index is 0.000000278. The van der Waals surface area contributed by atoms with Crippen molar-refractivity contribution in [3.63, 3.8) is 0 Å². The molecule has 0 unspecified atom stereocenters. The molecular weight excluding hydrogens is 887 g/mol. The van der Waals surface area contributed by atoms with Crippen molar-refractivity contribution in [3.8, 4) is 50.6 Å². The number of imidazole rings is 1. The summed E-state index contributed by atoms with van der Waals surface area (Å²) in [6.07, 6.45) is 5.67. The van der Waals surface area contributed by atoms with Crippen molar-refractivity contribution in [1.82, 2.24) is 14.5 Å². The molecule has 0 aliphatic rings. The summed E-state index contributed by atoms with van der Waals surface area (Å²) in [6.45, 7) is 9.24. The first-order valence-corrected chi connectivity index (χ1v) is 19.5. The van der Waals surface area contributed by atoms with Gasteiger partial charge < -0.3 is 14.0 Å². The van der Waals surface area contributed by atoms with E-state index in [0.717, 1.165) is 79.0 Å². The molecule has 0 atom stereocenters. The van der Waals surface area contributed by atoms with Gasteiger partial charge in [-0.2, -0.15) is 0 Å². The summed E-state index contributed by atoms with van der Waals surface area (Å²) >= 11 is 0. The molecule has 0 spiro atoms. The molecule has 1 radical (unpaired) electrons. The van der Waals surface area contributed by atoms with Crippen LogP contribution in [0.4, 0.5) is 0 Å². The van der Waals surface area contributed by atoms with Gasteiger partial charge in [0.15, 0.2) is 0 Å². The van der Waals surface area contributed by atoms with Crippen LogP contribution in [0.3, 0.4) is 0 Å². The number of benzene rings is 6. The molecule has 3 aromatic heterocycles. The molecule has 9 rings (SSSR count).